The maximum atomic E-state index is 11.1. The van der Waals surface area contributed by atoms with Crippen molar-refractivity contribution in [1.82, 2.24) is 0 Å². The molecule has 2 rings (SSSR count). The van der Waals surface area contributed by atoms with Gasteiger partial charge in [0.05, 0.1) is 5.69 Å². The molecule has 1 aromatic heterocycles. The zero-order chi connectivity index (χ0) is 13.1. The van der Waals surface area contributed by atoms with Gasteiger partial charge in [-0.2, -0.15) is 0 Å². The standard InChI is InChI=1S/C15H15NO2/c1-10-8-14(12(3)18-10)9-16-15-6-4-13(5-7-15)11(2)17/h4-9H,1-3H3. The Morgan fingerprint density at radius 1 is 1.22 bits per heavy atom. The Morgan fingerprint density at radius 3 is 2.39 bits per heavy atom. The lowest BCUT2D eigenvalue weighted by molar-refractivity contribution is 0.101. The van der Waals surface area contributed by atoms with Crippen LogP contribution in [0.15, 0.2) is 39.7 Å². The molecule has 0 saturated heterocycles. The molecule has 1 heterocycles. The van der Waals surface area contributed by atoms with E-state index in [1.165, 1.54) is 0 Å². The molecule has 0 aliphatic carbocycles. The number of benzene rings is 1. The van der Waals surface area contributed by atoms with E-state index in [2.05, 4.69) is 4.99 Å². The first-order chi connectivity index (χ1) is 8.56. The van der Waals surface area contributed by atoms with Crippen LogP contribution in [0.1, 0.15) is 34.4 Å². The van der Waals surface area contributed by atoms with Crippen LogP contribution in [0.3, 0.4) is 0 Å². The van der Waals surface area contributed by atoms with Gasteiger partial charge >= 0.3 is 0 Å². The monoisotopic (exact) mass is 241 g/mol. The number of aryl methyl sites for hydroxylation is 2. The zero-order valence-corrected chi connectivity index (χ0v) is 10.7. The van der Waals surface area contributed by atoms with E-state index in [4.69, 9.17) is 4.42 Å². The summed E-state index contributed by atoms with van der Waals surface area (Å²) in [5.41, 5.74) is 2.49. The molecule has 0 amide bonds. The molecule has 3 nitrogen and oxygen atoms in total. The minimum Gasteiger partial charge on any atom is -0.466 e. The Kier molecular flexibility index (Phi) is 3.42. The van der Waals surface area contributed by atoms with Crippen molar-refractivity contribution in [2.24, 2.45) is 4.99 Å². The predicted molar refractivity (Wildman–Crippen MR) is 71.9 cm³/mol. The van der Waals surface area contributed by atoms with Gasteiger partial charge in [-0.05, 0) is 51.1 Å². The van der Waals surface area contributed by atoms with Gasteiger partial charge in [-0.15, -0.1) is 0 Å². The van der Waals surface area contributed by atoms with E-state index in [0.717, 1.165) is 22.8 Å². The molecule has 0 aliphatic heterocycles. The molecule has 0 fully saturated rings. The first kappa shape index (κ1) is 12.3. The Labute approximate surface area is 106 Å². The first-order valence-electron chi connectivity index (χ1n) is 5.78. The largest absolute Gasteiger partial charge is 0.466 e. The molecule has 0 bridgehead atoms. The Bertz CT molecular complexity index is 591. The fraction of sp³-hybridized carbons (Fsp3) is 0.200. The predicted octanol–water partition coefficient (Wildman–Crippen LogP) is 3.85. The third-order valence-corrected chi connectivity index (χ3v) is 2.71. The second kappa shape index (κ2) is 5.00. The maximum absolute atomic E-state index is 11.1. The number of hydrogen-bond acceptors (Lipinski definition) is 3. The number of hydrogen-bond donors (Lipinski definition) is 0. The van der Waals surface area contributed by atoms with Gasteiger partial charge in [-0.25, -0.2) is 0 Å². The summed E-state index contributed by atoms with van der Waals surface area (Å²) >= 11 is 0. The van der Waals surface area contributed by atoms with Crippen LogP contribution in [0.4, 0.5) is 5.69 Å². The number of rotatable bonds is 3. The number of ketones is 1. The smallest absolute Gasteiger partial charge is 0.159 e. The van der Waals surface area contributed by atoms with Crippen molar-refractivity contribution in [3.63, 3.8) is 0 Å². The second-order valence-electron chi connectivity index (χ2n) is 4.23. The number of aliphatic imine (C=N–C) groups is 1. The van der Waals surface area contributed by atoms with Gasteiger partial charge in [0.2, 0.25) is 0 Å². The van der Waals surface area contributed by atoms with Crippen molar-refractivity contribution in [3.05, 3.63) is 53.0 Å². The fourth-order valence-electron chi connectivity index (χ4n) is 1.70. The van der Waals surface area contributed by atoms with Gasteiger partial charge in [-0.1, -0.05) is 0 Å². The fourth-order valence-corrected chi connectivity index (χ4v) is 1.70. The van der Waals surface area contributed by atoms with Gasteiger partial charge in [0, 0.05) is 17.3 Å². The van der Waals surface area contributed by atoms with Crippen LogP contribution in [-0.4, -0.2) is 12.0 Å². The lowest BCUT2D eigenvalue weighted by Gasteiger charge is -1.96. The average Bonchev–Trinajstić information content (AvgIpc) is 2.66. The molecule has 0 saturated carbocycles. The number of carbonyl (C=O) groups is 1. The van der Waals surface area contributed by atoms with Gasteiger partial charge < -0.3 is 4.42 Å². The molecular formula is C15H15NO2. The molecule has 0 atom stereocenters. The highest BCUT2D eigenvalue weighted by molar-refractivity contribution is 5.94. The molecular weight excluding hydrogens is 226 g/mol. The van der Waals surface area contributed by atoms with Crippen LogP contribution >= 0.6 is 0 Å². The maximum Gasteiger partial charge on any atom is 0.159 e. The highest BCUT2D eigenvalue weighted by Crippen LogP contribution is 2.16. The number of Topliss-reactive ketones (excluding diaryl/α,β-unsaturated/α-hetero) is 1. The van der Waals surface area contributed by atoms with Gasteiger partial charge in [-0.3, -0.25) is 9.79 Å². The third kappa shape index (κ3) is 2.74. The summed E-state index contributed by atoms with van der Waals surface area (Å²) in [7, 11) is 0. The van der Waals surface area contributed by atoms with Crippen molar-refractivity contribution in [2.45, 2.75) is 20.8 Å². The molecule has 0 spiro atoms. The van der Waals surface area contributed by atoms with E-state index < -0.39 is 0 Å². The van der Waals surface area contributed by atoms with Crippen molar-refractivity contribution in [2.75, 3.05) is 0 Å². The Balaban J connectivity index is 2.18. The zero-order valence-electron chi connectivity index (χ0n) is 10.7. The SMILES string of the molecule is CC(=O)c1ccc(N=Cc2cc(C)oc2C)cc1. The summed E-state index contributed by atoms with van der Waals surface area (Å²) < 4.78 is 5.42. The molecule has 0 radical (unpaired) electrons. The summed E-state index contributed by atoms with van der Waals surface area (Å²) in [6.45, 7) is 5.37. The highest BCUT2D eigenvalue weighted by atomic mass is 16.3. The summed E-state index contributed by atoms with van der Waals surface area (Å²) in [6, 6.07) is 9.17. The number of furan rings is 1. The topological polar surface area (TPSA) is 42.6 Å². The van der Waals surface area contributed by atoms with Crippen LogP contribution in [0.25, 0.3) is 0 Å². The quantitative estimate of drug-likeness (QED) is 0.605. The summed E-state index contributed by atoms with van der Waals surface area (Å²) in [5.74, 6) is 1.80. The van der Waals surface area contributed by atoms with Crippen molar-refractivity contribution < 1.29 is 9.21 Å². The molecule has 0 aliphatic rings. The summed E-state index contributed by atoms with van der Waals surface area (Å²) in [4.78, 5) is 15.5. The summed E-state index contributed by atoms with van der Waals surface area (Å²) in [6.07, 6.45) is 1.77. The Morgan fingerprint density at radius 2 is 1.89 bits per heavy atom. The molecule has 0 unspecified atom stereocenters. The van der Waals surface area contributed by atoms with E-state index in [-0.39, 0.29) is 5.78 Å². The Hall–Kier alpha value is -2.16. The normalized spacial score (nSPS) is 11.1. The van der Waals surface area contributed by atoms with E-state index in [1.807, 2.05) is 32.0 Å². The third-order valence-electron chi connectivity index (χ3n) is 2.71. The highest BCUT2D eigenvalue weighted by Gasteiger charge is 2.01. The molecule has 0 N–H and O–H groups in total. The van der Waals surface area contributed by atoms with E-state index in [9.17, 15) is 4.79 Å². The lowest BCUT2D eigenvalue weighted by Crippen LogP contribution is -1.89. The lowest BCUT2D eigenvalue weighted by atomic mass is 10.1. The average molecular weight is 241 g/mol. The molecule has 1 aromatic carbocycles. The molecule has 92 valence electrons. The van der Waals surface area contributed by atoms with Crippen LogP contribution < -0.4 is 0 Å². The van der Waals surface area contributed by atoms with Crippen molar-refractivity contribution >= 4 is 17.7 Å². The molecule has 18 heavy (non-hydrogen) atoms. The minimum atomic E-state index is 0.0619. The van der Waals surface area contributed by atoms with Crippen molar-refractivity contribution in [3.8, 4) is 0 Å². The van der Waals surface area contributed by atoms with E-state index >= 15 is 0 Å². The van der Waals surface area contributed by atoms with Crippen LogP contribution in [0.2, 0.25) is 0 Å². The van der Waals surface area contributed by atoms with Crippen LogP contribution in [0, 0.1) is 13.8 Å². The van der Waals surface area contributed by atoms with Crippen molar-refractivity contribution in [1.29, 1.82) is 0 Å². The summed E-state index contributed by atoms with van der Waals surface area (Å²) in [5, 5.41) is 0. The van der Waals surface area contributed by atoms with Gasteiger partial charge in [0.1, 0.15) is 11.5 Å². The minimum absolute atomic E-state index is 0.0619. The molecule has 3 heteroatoms. The van der Waals surface area contributed by atoms with Crippen LogP contribution in [0.5, 0.6) is 0 Å². The number of carbonyl (C=O) groups excluding carboxylic acids is 1. The second-order valence-corrected chi connectivity index (χ2v) is 4.23. The number of nitrogens with zero attached hydrogens (tertiary/aromatic N) is 1. The molecule has 2 aromatic rings. The van der Waals surface area contributed by atoms with Gasteiger partial charge in [0.25, 0.3) is 0 Å². The van der Waals surface area contributed by atoms with E-state index in [1.54, 1.807) is 25.3 Å². The van der Waals surface area contributed by atoms with E-state index in [0.29, 0.717) is 5.56 Å². The first-order valence-corrected chi connectivity index (χ1v) is 5.78. The van der Waals surface area contributed by atoms with Crippen LogP contribution in [-0.2, 0) is 0 Å². The van der Waals surface area contributed by atoms with Gasteiger partial charge in [0.15, 0.2) is 5.78 Å².